The highest BCUT2D eigenvalue weighted by Crippen LogP contribution is 2.28. The Hall–Kier alpha value is -1.38. The van der Waals surface area contributed by atoms with E-state index in [2.05, 4.69) is 0 Å². The van der Waals surface area contributed by atoms with E-state index in [0.29, 0.717) is 23.2 Å². The van der Waals surface area contributed by atoms with Gasteiger partial charge in [-0.1, -0.05) is 6.07 Å². The van der Waals surface area contributed by atoms with E-state index in [1.54, 1.807) is 12.1 Å². The first-order chi connectivity index (χ1) is 6.49. The zero-order chi connectivity index (χ0) is 10.8. The summed E-state index contributed by atoms with van der Waals surface area (Å²) < 4.78 is 18.5. The Morgan fingerprint density at radius 3 is 2.50 bits per heavy atom. The van der Waals surface area contributed by atoms with Crippen molar-refractivity contribution in [1.29, 1.82) is 0 Å². The van der Waals surface area contributed by atoms with Crippen molar-refractivity contribution in [3.63, 3.8) is 0 Å². The molecule has 1 rings (SSSR count). The Labute approximate surface area is 82.7 Å². The minimum absolute atomic E-state index is 0.371. The van der Waals surface area contributed by atoms with Crippen LogP contribution in [0, 0.1) is 0 Å². The van der Waals surface area contributed by atoms with Gasteiger partial charge in [-0.05, 0) is 31.5 Å². The molecule has 0 amide bonds. The van der Waals surface area contributed by atoms with Gasteiger partial charge in [0.05, 0.1) is 12.7 Å². The van der Waals surface area contributed by atoms with Gasteiger partial charge in [-0.3, -0.25) is 4.79 Å². The normalized spacial score (nSPS) is 11.1. The second kappa shape index (κ2) is 3.78. The number of methoxy groups -OCH3 is 1. The fourth-order valence-electron chi connectivity index (χ4n) is 1.20. The molecule has 0 aliphatic rings. The maximum atomic E-state index is 13.5. The van der Waals surface area contributed by atoms with E-state index in [9.17, 15) is 9.18 Å². The smallest absolute Gasteiger partial charge is 0.153 e. The Kier molecular flexibility index (Phi) is 2.89. The highest BCUT2D eigenvalue weighted by Gasteiger charge is 2.19. The molecule has 0 aromatic heterocycles. The zero-order valence-electron chi connectivity index (χ0n) is 8.50. The molecule has 0 saturated carbocycles. The van der Waals surface area contributed by atoms with Crippen molar-refractivity contribution in [1.82, 2.24) is 0 Å². The molecular weight excluding hydrogens is 183 g/mol. The predicted octanol–water partition coefficient (Wildman–Crippen LogP) is 2.71. The molecular formula is C11H13FO2. The summed E-state index contributed by atoms with van der Waals surface area (Å²) in [5.74, 6) is 0.466. The topological polar surface area (TPSA) is 26.3 Å². The van der Waals surface area contributed by atoms with Gasteiger partial charge < -0.3 is 4.74 Å². The standard InChI is InChI=1S/C11H13FO2/c1-11(2,12)9-4-5-10(14-3)8(6-9)7-13/h4-7H,1-3H3. The Bertz CT molecular complexity index is 340. The van der Waals surface area contributed by atoms with E-state index < -0.39 is 5.67 Å². The molecule has 0 atom stereocenters. The molecule has 76 valence electrons. The monoisotopic (exact) mass is 196 g/mol. The predicted molar refractivity (Wildman–Crippen MR) is 52.5 cm³/mol. The lowest BCUT2D eigenvalue weighted by Crippen LogP contribution is -2.09. The van der Waals surface area contributed by atoms with Crippen LogP contribution in [0.3, 0.4) is 0 Å². The molecule has 0 bridgehead atoms. The highest BCUT2D eigenvalue weighted by atomic mass is 19.1. The maximum Gasteiger partial charge on any atom is 0.153 e. The van der Waals surface area contributed by atoms with E-state index in [0.717, 1.165) is 0 Å². The van der Waals surface area contributed by atoms with Crippen molar-refractivity contribution < 1.29 is 13.9 Å². The van der Waals surface area contributed by atoms with Crippen LogP contribution in [-0.2, 0) is 5.67 Å². The Morgan fingerprint density at radius 1 is 1.43 bits per heavy atom. The number of alkyl halides is 1. The molecule has 0 unspecified atom stereocenters. The summed E-state index contributed by atoms with van der Waals surface area (Å²) in [6, 6.07) is 4.72. The summed E-state index contributed by atoms with van der Waals surface area (Å²) in [6.07, 6.45) is 0.661. The zero-order valence-corrected chi connectivity index (χ0v) is 8.50. The average molecular weight is 196 g/mol. The quantitative estimate of drug-likeness (QED) is 0.695. The Morgan fingerprint density at radius 2 is 2.07 bits per heavy atom. The van der Waals surface area contributed by atoms with Gasteiger partial charge >= 0.3 is 0 Å². The molecule has 0 heterocycles. The average Bonchev–Trinajstić information content (AvgIpc) is 2.15. The van der Waals surface area contributed by atoms with Gasteiger partial charge in [-0.25, -0.2) is 4.39 Å². The fraction of sp³-hybridized carbons (Fsp3) is 0.364. The van der Waals surface area contributed by atoms with Crippen LogP contribution in [0.15, 0.2) is 18.2 Å². The molecule has 14 heavy (non-hydrogen) atoms. The van der Waals surface area contributed by atoms with Crippen LogP contribution >= 0.6 is 0 Å². The van der Waals surface area contributed by atoms with Gasteiger partial charge in [0.1, 0.15) is 11.4 Å². The van der Waals surface area contributed by atoms with Crippen LogP contribution in [0.5, 0.6) is 5.75 Å². The molecule has 3 heteroatoms. The molecule has 0 saturated heterocycles. The number of aldehydes is 1. The number of hydrogen-bond acceptors (Lipinski definition) is 2. The van der Waals surface area contributed by atoms with Gasteiger partial charge in [0.15, 0.2) is 6.29 Å². The number of carbonyl (C=O) groups excluding carboxylic acids is 1. The second-order valence-corrected chi connectivity index (χ2v) is 3.55. The SMILES string of the molecule is COc1ccc(C(C)(C)F)cc1C=O. The lowest BCUT2D eigenvalue weighted by molar-refractivity contribution is 0.112. The third-order valence-electron chi connectivity index (χ3n) is 2.04. The van der Waals surface area contributed by atoms with Crippen molar-refractivity contribution in [2.24, 2.45) is 0 Å². The molecule has 1 aromatic rings. The van der Waals surface area contributed by atoms with Crippen LogP contribution in [0.1, 0.15) is 29.8 Å². The number of rotatable bonds is 3. The van der Waals surface area contributed by atoms with Crippen LogP contribution in [0.4, 0.5) is 4.39 Å². The number of benzene rings is 1. The van der Waals surface area contributed by atoms with Gasteiger partial charge in [-0.15, -0.1) is 0 Å². The maximum absolute atomic E-state index is 13.5. The minimum Gasteiger partial charge on any atom is -0.496 e. The summed E-state index contributed by atoms with van der Waals surface area (Å²) >= 11 is 0. The number of carbonyl (C=O) groups is 1. The third-order valence-corrected chi connectivity index (χ3v) is 2.04. The van der Waals surface area contributed by atoms with Crippen molar-refractivity contribution in [3.05, 3.63) is 29.3 Å². The first-order valence-electron chi connectivity index (χ1n) is 4.31. The van der Waals surface area contributed by atoms with Gasteiger partial charge in [0.25, 0.3) is 0 Å². The molecule has 0 radical (unpaired) electrons. The lowest BCUT2D eigenvalue weighted by Gasteiger charge is -2.15. The first kappa shape index (κ1) is 10.7. The van der Waals surface area contributed by atoms with E-state index in [1.165, 1.54) is 27.0 Å². The van der Waals surface area contributed by atoms with Crippen molar-refractivity contribution in [2.45, 2.75) is 19.5 Å². The van der Waals surface area contributed by atoms with Crippen LogP contribution in [-0.4, -0.2) is 13.4 Å². The summed E-state index contributed by atoms with van der Waals surface area (Å²) in [6.45, 7) is 2.90. The van der Waals surface area contributed by atoms with Gasteiger partial charge in [-0.2, -0.15) is 0 Å². The van der Waals surface area contributed by atoms with Crippen molar-refractivity contribution in [3.8, 4) is 5.75 Å². The van der Waals surface area contributed by atoms with Crippen LogP contribution in [0.25, 0.3) is 0 Å². The number of hydrogen-bond donors (Lipinski definition) is 0. The third kappa shape index (κ3) is 2.10. The largest absolute Gasteiger partial charge is 0.496 e. The molecule has 2 nitrogen and oxygen atoms in total. The van der Waals surface area contributed by atoms with Crippen molar-refractivity contribution >= 4 is 6.29 Å². The highest BCUT2D eigenvalue weighted by molar-refractivity contribution is 5.79. The van der Waals surface area contributed by atoms with E-state index in [-0.39, 0.29) is 0 Å². The Balaban J connectivity index is 3.21. The molecule has 0 aliphatic heterocycles. The molecule has 0 spiro atoms. The molecule has 1 aromatic carbocycles. The second-order valence-electron chi connectivity index (χ2n) is 3.55. The van der Waals surface area contributed by atoms with Crippen molar-refractivity contribution in [2.75, 3.05) is 7.11 Å². The minimum atomic E-state index is -1.44. The summed E-state index contributed by atoms with van der Waals surface area (Å²) in [5.41, 5.74) is -0.597. The summed E-state index contributed by atoms with van der Waals surface area (Å²) in [7, 11) is 1.47. The first-order valence-corrected chi connectivity index (χ1v) is 4.31. The van der Waals surface area contributed by atoms with Crippen LogP contribution < -0.4 is 4.74 Å². The van der Waals surface area contributed by atoms with E-state index >= 15 is 0 Å². The van der Waals surface area contributed by atoms with E-state index in [1.807, 2.05) is 0 Å². The molecule has 0 aliphatic carbocycles. The fourth-order valence-corrected chi connectivity index (χ4v) is 1.20. The van der Waals surface area contributed by atoms with Gasteiger partial charge in [0.2, 0.25) is 0 Å². The number of ether oxygens (including phenoxy) is 1. The molecule has 0 N–H and O–H groups in total. The molecule has 0 fully saturated rings. The van der Waals surface area contributed by atoms with Gasteiger partial charge in [0, 0.05) is 0 Å². The lowest BCUT2D eigenvalue weighted by atomic mass is 9.98. The van der Waals surface area contributed by atoms with E-state index in [4.69, 9.17) is 4.74 Å². The summed E-state index contributed by atoms with van der Waals surface area (Å²) in [5, 5.41) is 0. The van der Waals surface area contributed by atoms with Crippen LogP contribution in [0.2, 0.25) is 0 Å². The number of halogens is 1. The summed E-state index contributed by atoms with van der Waals surface area (Å²) in [4.78, 5) is 10.7.